The predicted octanol–water partition coefficient (Wildman–Crippen LogP) is 4.32. The Morgan fingerprint density at radius 3 is 2.71 bits per heavy atom. The molecule has 3 aromatic rings. The minimum Gasteiger partial charge on any atom is -0.378 e. The summed E-state index contributed by atoms with van der Waals surface area (Å²) in [5, 5.41) is 22.8. The second-order valence-corrected chi connectivity index (χ2v) is 8.11. The molecule has 2 aromatic carbocycles. The fourth-order valence-electron chi connectivity index (χ4n) is 2.87. The van der Waals surface area contributed by atoms with Gasteiger partial charge in [-0.25, -0.2) is 0 Å². The van der Waals surface area contributed by atoms with Crippen LogP contribution in [0.1, 0.15) is 6.92 Å². The number of thioether (sulfide) groups is 1. The Kier molecular flexibility index (Phi) is 7.13. The molecule has 0 spiro atoms. The van der Waals surface area contributed by atoms with Crippen LogP contribution in [-0.2, 0) is 11.3 Å². The highest BCUT2D eigenvalue weighted by Gasteiger charge is 2.17. The molecule has 1 N–H and O–H groups in total. The van der Waals surface area contributed by atoms with E-state index in [1.807, 2.05) is 54.8 Å². The van der Waals surface area contributed by atoms with Crippen molar-refractivity contribution in [3.8, 4) is 11.4 Å². The molecule has 0 atom stereocenters. The second-order valence-electron chi connectivity index (χ2n) is 6.76. The van der Waals surface area contributed by atoms with Crippen LogP contribution in [0, 0.1) is 10.1 Å². The van der Waals surface area contributed by atoms with Gasteiger partial charge in [0.2, 0.25) is 5.91 Å². The number of hydrogen-bond donors (Lipinski definition) is 1. The van der Waals surface area contributed by atoms with Gasteiger partial charge >= 0.3 is 0 Å². The molecule has 3 rings (SSSR count). The Balaban J connectivity index is 1.71. The highest BCUT2D eigenvalue weighted by molar-refractivity contribution is 7.99. The number of hydrogen-bond acceptors (Lipinski definition) is 7. The van der Waals surface area contributed by atoms with Gasteiger partial charge in [0, 0.05) is 43.6 Å². The third kappa shape index (κ3) is 5.33. The Morgan fingerprint density at radius 1 is 1.26 bits per heavy atom. The highest BCUT2D eigenvalue weighted by Crippen LogP contribution is 2.29. The van der Waals surface area contributed by atoms with Gasteiger partial charge in [-0.15, -0.1) is 10.2 Å². The van der Waals surface area contributed by atoms with Gasteiger partial charge in [0.15, 0.2) is 11.0 Å². The number of carbonyl (C=O) groups is 1. The van der Waals surface area contributed by atoms with Crippen molar-refractivity contribution in [1.82, 2.24) is 14.8 Å². The van der Waals surface area contributed by atoms with Gasteiger partial charge < -0.3 is 14.8 Å². The molecule has 0 saturated carbocycles. The molecular formula is C20H21ClN6O3S. The molecule has 1 aromatic heterocycles. The molecule has 11 heteroatoms. The minimum absolute atomic E-state index is 0.0132. The lowest BCUT2D eigenvalue weighted by Gasteiger charge is -2.14. The van der Waals surface area contributed by atoms with E-state index in [4.69, 9.17) is 11.6 Å². The van der Waals surface area contributed by atoms with E-state index in [0.29, 0.717) is 17.4 Å². The lowest BCUT2D eigenvalue weighted by molar-refractivity contribution is -0.384. The van der Waals surface area contributed by atoms with E-state index >= 15 is 0 Å². The summed E-state index contributed by atoms with van der Waals surface area (Å²) < 4.78 is 1.94. The zero-order valence-electron chi connectivity index (χ0n) is 17.2. The first-order chi connectivity index (χ1) is 14.8. The van der Waals surface area contributed by atoms with Crippen molar-refractivity contribution >= 4 is 46.3 Å². The van der Waals surface area contributed by atoms with Crippen molar-refractivity contribution in [3.63, 3.8) is 0 Å². The smallest absolute Gasteiger partial charge is 0.289 e. The maximum atomic E-state index is 12.4. The molecule has 1 amide bonds. The number of carbonyl (C=O) groups excluding carboxylic acids is 1. The first-order valence-corrected chi connectivity index (χ1v) is 10.7. The van der Waals surface area contributed by atoms with E-state index in [-0.39, 0.29) is 22.4 Å². The molecule has 0 unspecified atom stereocenters. The van der Waals surface area contributed by atoms with Crippen LogP contribution in [-0.4, -0.2) is 45.4 Å². The Labute approximate surface area is 188 Å². The number of aromatic nitrogens is 3. The quantitative estimate of drug-likeness (QED) is 0.303. The number of rotatable bonds is 8. The summed E-state index contributed by atoms with van der Waals surface area (Å²) in [7, 11) is 3.94. The molecular weight excluding hydrogens is 440 g/mol. The molecule has 0 aliphatic rings. The largest absolute Gasteiger partial charge is 0.378 e. The topological polar surface area (TPSA) is 106 Å². The maximum absolute atomic E-state index is 12.4. The van der Waals surface area contributed by atoms with Crippen molar-refractivity contribution in [2.45, 2.75) is 18.6 Å². The van der Waals surface area contributed by atoms with Gasteiger partial charge in [-0.2, -0.15) is 0 Å². The number of nitro groups is 1. The molecule has 0 bridgehead atoms. The standard InChI is InChI=1S/C20H21ClN6O3S/c1-4-26-19(13-6-5-7-15(10-13)25(2)3)23-24-20(26)31-12-18(28)22-14-8-9-16(21)17(11-14)27(29)30/h5-11H,4,12H2,1-3H3,(H,22,28). The van der Waals surface area contributed by atoms with Crippen molar-refractivity contribution in [2.75, 3.05) is 30.1 Å². The van der Waals surface area contributed by atoms with Crippen molar-refractivity contribution < 1.29 is 9.72 Å². The van der Waals surface area contributed by atoms with E-state index in [0.717, 1.165) is 17.1 Å². The van der Waals surface area contributed by atoms with Gasteiger partial charge in [0.1, 0.15) is 5.02 Å². The number of halogens is 1. The number of nitro benzene ring substituents is 1. The molecule has 9 nitrogen and oxygen atoms in total. The van der Waals surface area contributed by atoms with E-state index in [1.165, 1.54) is 30.0 Å². The molecule has 0 saturated heterocycles. The Morgan fingerprint density at radius 2 is 2.03 bits per heavy atom. The van der Waals surface area contributed by atoms with Gasteiger partial charge in [-0.1, -0.05) is 35.5 Å². The summed E-state index contributed by atoms with van der Waals surface area (Å²) in [6.07, 6.45) is 0. The third-order valence-electron chi connectivity index (χ3n) is 4.41. The first kappa shape index (κ1) is 22.6. The molecule has 0 aliphatic heterocycles. The maximum Gasteiger partial charge on any atom is 0.289 e. The monoisotopic (exact) mass is 460 g/mol. The average Bonchev–Trinajstić information content (AvgIpc) is 3.16. The number of nitrogens with one attached hydrogen (secondary N) is 1. The van der Waals surface area contributed by atoms with Gasteiger partial charge in [-0.05, 0) is 31.2 Å². The molecule has 0 radical (unpaired) electrons. The lowest BCUT2D eigenvalue weighted by Crippen LogP contribution is -2.14. The first-order valence-electron chi connectivity index (χ1n) is 9.37. The summed E-state index contributed by atoms with van der Waals surface area (Å²) >= 11 is 7.05. The zero-order valence-corrected chi connectivity index (χ0v) is 18.8. The van der Waals surface area contributed by atoms with Crippen LogP contribution in [0.2, 0.25) is 5.02 Å². The van der Waals surface area contributed by atoms with Crippen molar-refractivity contribution in [2.24, 2.45) is 0 Å². The molecule has 31 heavy (non-hydrogen) atoms. The van der Waals surface area contributed by atoms with Crippen LogP contribution < -0.4 is 10.2 Å². The predicted molar refractivity (Wildman–Crippen MR) is 123 cm³/mol. The number of anilines is 2. The van der Waals surface area contributed by atoms with Crippen LogP contribution in [0.4, 0.5) is 17.1 Å². The van der Waals surface area contributed by atoms with Crippen LogP contribution >= 0.6 is 23.4 Å². The number of nitrogens with zero attached hydrogens (tertiary/aromatic N) is 5. The normalized spacial score (nSPS) is 10.7. The SMILES string of the molecule is CCn1c(SCC(=O)Nc2ccc(Cl)c([N+](=O)[O-])c2)nnc1-c1cccc(N(C)C)c1. The van der Waals surface area contributed by atoms with E-state index < -0.39 is 4.92 Å². The fraction of sp³-hybridized carbons (Fsp3) is 0.250. The van der Waals surface area contributed by atoms with Crippen LogP contribution in [0.5, 0.6) is 0 Å². The van der Waals surface area contributed by atoms with Crippen molar-refractivity contribution in [3.05, 3.63) is 57.6 Å². The van der Waals surface area contributed by atoms with Crippen LogP contribution in [0.25, 0.3) is 11.4 Å². The minimum atomic E-state index is -0.594. The van der Waals surface area contributed by atoms with E-state index in [9.17, 15) is 14.9 Å². The molecule has 0 fully saturated rings. The summed E-state index contributed by atoms with van der Waals surface area (Å²) in [4.78, 5) is 24.8. The molecule has 162 valence electrons. The van der Waals surface area contributed by atoms with Gasteiger partial charge in [0.05, 0.1) is 10.7 Å². The fourth-order valence-corrected chi connectivity index (χ4v) is 3.86. The average molecular weight is 461 g/mol. The second kappa shape index (κ2) is 9.80. The summed E-state index contributed by atoms with van der Waals surface area (Å²) in [5.41, 5.74) is 2.03. The third-order valence-corrected chi connectivity index (χ3v) is 5.70. The zero-order chi connectivity index (χ0) is 22.5. The molecule has 0 aliphatic carbocycles. The van der Waals surface area contributed by atoms with E-state index in [2.05, 4.69) is 15.5 Å². The van der Waals surface area contributed by atoms with Crippen LogP contribution in [0.3, 0.4) is 0 Å². The highest BCUT2D eigenvalue weighted by atomic mass is 35.5. The van der Waals surface area contributed by atoms with Gasteiger partial charge in [0.25, 0.3) is 5.69 Å². The summed E-state index contributed by atoms with van der Waals surface area (Å²) in [6.45, 7) is 2.63. The Hall–Kier alpha value is -3.11. The summed E-state index contributed by atoms with van der Waals surface area (Å²) in [6, 6.07) is 12.1. The number of benzene rings is 2. The van der Waals surface area contributed by atoms with Crippen LogP contribution in [0.15, 0.2) is 47.6 Å². The van der Waals surface area contributed by atoms with Crippen molar-refractivity contribution in [1.29, 1.82) is 0 Å². The lowest BCUT2D eigenvalue weighted by atomic mass is 10.2. The van der Waals surface area contributed by atoms with E-state index in [1.54, 1.807) is 0 Å². The molecule has 1 heterocycles. The summed E-state index contributed by atoms with van der Waals surface area (Å²) in [5.74, 6) is 0.484. The Bertz CT molecular complexity index is 1120. The van der Waals surface area contributed by atoms with Gasteiger partial charge in [-0.3, -0.25) is 14.9 Å². The number of amides is 1.